The number of ether oxygens (including phenoxy) is 1. The van der Waals surface area contributed by atoms with E-state index in [2.05, 4.69) is 0 Å². The molecule has 0 saturated heterocycles. The molecule has 19 heavy (non-hydrogen) atoms. The lowest BCUT2D eigenvalue weighted by atomic mass is 9.96. The minimum atomic E-state index is -1.37. The summed E-state index contributed by atoms with van der Waals surface area (Å²) in [5.74, 6) is -0.675. The predicted octanol–water partition coefficient (Wildman–Crippen LogP) is 1.55. The van der Waals surface area contributed by atoms with Crippen LogP contribution in [0.4, 0.5) is 5.69 Å². The Bertz CT molecular complexity index is 470. The molecular formula is C12H16N2O5. The number of hydrogen-bond acceptors (Lipinski definition) is 5. The fraction of sp³-hybridized carbons (Fsp3) is 0.417. The van der Waals surface area contributed by atoms with Crippen LogP contribution in [0, 0.1) is 10.1 Å². The Morgan fingerprint density at radius 2 is 2.05 bits per heavy atom. The summed E-state index contributed by atoms with van der Waals surface area (Å²) in [5.41, 5.74) is 4.20. The molecule has 7 heteroatoms. The van der Waals surface area contributed by atoms with Gasteiger partial charge in [-0.25, -0.2) is 0 Å². The van der Waals surface area contributed by atoms with E-state index in [-0.39, 0.29) is 12.1 Å². The fourth-order valence-electron chi connectivity index (χ4n) is 1.60. The molecule has 0 heterocycles. The van der Waals surface area contributed by atoms with E-state index in [1.54, 1.807) is 6.92 Å². The molecule has 1 aromatic carbocycles. The van der Waals surface area contributed by atoms with Gasteiger partial charge in [-0.3, -0.25) is 14.9 Å². The number of nitro benzene ring substituents is 1. The van der Waals surface area contributed by atoms with E-state index in [4.69, 9.17) is 15.6 Å². The molecular weight excluding hydrogens is 252 g/mol. The van der Waals surface area contributed by atoms with E-state index < -0.39 is 22.5 Å². The molecule has 1 rings (SSSR count). The van der Waals surface area contributed by atoms with Crippen molar-refractivity contribution in [3.63, 3.8) is 0 Å². The van der Waals surface area contributed by atoms with E-state index in [1.807, 2.05) is 0 Å². The Balaban J connectivity index is 2.64. The van der Waals surface area contributed by atoms with Crippen molar-refractivity contribution in [3.8, 4) is 5.75 Å². The van der Waals surface area contributed by atoms with Gasteiger partial charge in [0, 0.05) is 18.6 Å². The maximum Gasteiger partial charge on any atom is 0.323 e. The zero-order valence-corrected chi connectivity index (χ0v) is 10.7. The summed E-state index contributed by atoms with van der Waals surface area (Å²) in [6.45, 7) is 3.10. The van der Waals surface area contributed by atoms with Crippen molar-refractivity contribution in [2.45, 2.75) is 31.9 Å². The lowest BCUT2D eigenvalue weighted by Crippen LogP contribution is -2.47. The summed E-state index contributed by atoms with van der Waals surface area (Å²) in [6, 6.07) is 5.56. The minimum absolute atomic E-state index is 0.0331. The molecule has 0 saturated carbocycles. The van der Waals surface area contributed by atoms with Gasteiger partial charge in [-0.05, 0) is 26.0 Å². The summed E-state index contributed by atoms with van der Waals surface area (Å²) in [5, 5.41) is 19.4. The van der Waals surface area contributed by atoms with Gasteiger partial charge in [0.25, 0.3) is 5.69 Å². The first-order chi connectivity index (χ1) is 8.72. The number of hydrogen-bond donors (Lipinski definition) is 2. The molecule has 0 aliphatic heterocycles. The van der Waals surface area contributed by atoms with Crippen LogP contribution in [0.3, 0.4) is 0 Å². The van der Waals surface area contributed by atoms with Crippen LogP contribution >= 0.6 is 0 Å². The van der Waals surface area contributed by atoms with Crippen molar-refractivity contribution >= 4 is 11.7 Å². The van der Waals surface area contributed by atoms with E-state index in [1.165, 1.54) is 31.2 Å². The second kappa shape index (κ2) is 5.66. The molecule has 2 unspecified atom stereocenters. The van der Waals surface area contributed by atoms with Gasteiger partial charge >= 0.3 is 5.97 Å². The number of benzene rings is 1. The number of aliphatic carboxylic acids is 1. The van der Waals surface area contributed by atoms with E-state index in [0.717, 1.165) is 0 Å². The molecule has 104 valence electrons. The Morgan fingerprint density at radius 3 is 2.47 bits per heavy atom. The highest BCUT2D eigenvalue weighted by Gasteiger charge is 2.30. The highest BCUT2D eigenvalue weighted by molar-refractivity contribution is 5.77. The van der Waals surface area contributed by atoms with Crippen LogP contribution in [0.15, 0.2) is 24.3 Å². The largest absolute Gasteiger partial charge is 0.491 e. The Morgan fingerprint density at radius 1 is 1.53 bits per heavy atom. The number of carboxylic acid groups (broad SMARTS) is 1. The van der Waals surface area contributed by atoms with Crippen LogP contribution in [-0.4, -0.2) is 27.6 Å². The monoisotopic (exact) mass is 268 g/mol. The first-order valence-electron chi connectivity index (χ1n) is 5.66. The number of nitrogens with two attached hydrogens (primary N) is 1. The molecule has 2 atom stereocenters. The number of carboxylic acids is 1. The third-order valence-electron chi connectivity index (χ3n) is 2.58. The van der Waals surface area contributed by atoms with Crippen molar-refractivity contribution < 1.29 is 19.6 Å². The van der Waals surface area contributed by atoms with Gasteiger partial charge in [0.1, 0.15) is 11.3 Å². The standard InChI is InChI=1S/C12H16N2O5/c1-8(7-12(2,13)11(15)16)19-10-5-3-9(4-6-10)14(17)18/h3-6,8H,7,13H2,1-2H3,(H,15,16). The molecule has 3 N–H and O–H groups in total. The summed E-state index contributed by atoms with van der Waals surface area (Å²) in [6.07, 6.45) is -0.299. The average molecular weight is 268 g/mol. The maximum absolute atomic E-state index is 10.9. The van der Waals surface area contributed by atoms with Crippen LogP contribution < -0.4 is 10.5 Å². The van der Waals surface area contributed by atoms with Crippen LogP contribution in [0.5, 0.6) is 5.75 Å². The first-order valence-corrected chi connectivity index (χ1v) is 5.66. The number of nitro groups is 1. The molecule has 0 fully saturated rings. The van der Waals surface area contributed by atoms with Gasteiger partial charge < -0.3 is 15.6 Å². The molecule has 0 amide bonds. The van der Waals surface area contributed by atoms with Crippen molar-refractivity contribution in [2.75, 3.05) is 0 Å². The van der Waals surface area contributed by atoms with Gasteiger partial charge in [-0.1, -0.05) is 0 Å². The Kier molecular flexibility index (Phi) is 4.44. The first kappa shape index (κ1) is 14.9. The van der Waals surface area contributed by atoms with Crippen molar-refractivity contribution in [2.24, 2.45) is 5.73 Å². The molecule has 1 aromatic rings. The van der Waals surface area contributed by atoms with Gasteiger partial charge in [0.15, 0.2) is 0 Å². The zero-order valence-electron chi connectivity index (χ0n) is 10.7. The smallest absolute Gasteiger partial charge is 0.323 e. The van der Waals surface area contributed by atoms with Crippen molar-refractivity contribution in [3.05, 3.63) is 34.4 Å². The van der Waals surface area contributed by atoms with E-state index in [9.17, 15) is 14.9 Å². The van der Waals surface area contributed by atoms with Gasteiger partial charge in [-0.2, -0.15) is 0 Å². The Labute approximate surface area is 110 Å². The third-order valence-corrected chi connectivity index (χ3v) is 2.58. The van der Waals surface area contributed by atoms with Crippen molar-refractivity contribution in [1.29, 1.82) is 0 Å². The number of rotatable bonds is 6. The molecule has 0 aliphatic carbocycles. The molecule has 0 radical (unpaired) electrons. The summed E-state index contributed by atoms with van der Waals surface area (Å²) in [7, 11) is 0. The third kappa shape index (κ3) is 4.22. The lowest BCUT2D eigenvalue weighted by Gasteiger charge is -2.24. The van der Waals surface area contributed by atoms with E-state index in [0.29, 0.717) is 5.75 Å². The van der Waals surface area contributed by atoms with Gasteiger partial charge in [0.05, 0.1) is 11.0 Å². The van der Waals surface area contributed by atoms with Crippen LogP contribution in [-0.2, 0) is 4.79 Å². The maximum atomic E-state index is 10.9. The molecule has 7 nitrogen and oxygen atoms in total. The average Bonchev–Trinajstić information content (AvgIpc) is 2.28. The summed E-state index contributed by atoms with van der Waals surface area (Å²) >= 11 is 0. The normalized spacial score (nSPS) is 15.3. The van der Waals surface area contributed by atoms with E-state index >= 15 is 0 Å². The van der Waals surface area contributed by atoms with Crippen LogP contribution in [0.1, 0.15) is 20.3 Å². The van der Waals surface area contributed by atoms with Gasteiger partial charge in [0.2, 0.25) is 0 Å². The fourth-order valence-corrected chi connectivity index (χ4v) is 1.60. The summed E-state index contributed by atoms with van der Waals surface area (Å²) < 4.78 is 5.47. The number of non-ortho nitro benzene ring substituents is 1. The van der Waals surface area contributed by atoms with Gasteiger partial charge in [-0.15, -0.1) is 0 Å². The van der Waals surface area contributed by atoms with Crippen LogP contribution in [0.2, 0.25) is 0 Å². The molecule has 0 spiro atoms. The summed E-state index contributed by atoms with van der Waals surface area (Å²) in [4.78, 5) is 20.8. The number of nitrogens with zero attached hydrogens (tertiary/aromatic N) is 1. The second-order valence-corrected chi connectivity index (χ2v) is 4.61. The molecule has 0 bridgehead atoms. The Hall–Kier alpha value is -2.15. The SMILES string of the molecule is CC(CC(C)(N)C(=O)O)Oc1ccc([N+](=O)[O-])cc1. The molecule has 0 aliphatic rings. The quantitative estimate of drug-likeness (QED) is 0.597. The predicted molar refractivity (Wildman–Crippen MR) is 68.0 cm³/mol. The minimum Gasteiger partial charge on any atom is -0.491 e. The second-order valence-electron chi connectivity index (χ2n) is 4.61. The zero-order chi connectivity index (χ0) is 14.6. The topological polar surface area (TPSA) is 116 Å². The lowest BCUT2D eigenvalue weighted by molar-refractivity contribution is -0.384. The van der Waals surface area contributed by atoms with Crippen molar-refractivity contribution in [1.82, 2.24) is 0 Å². The van der Waals surface area contributed by atoms with Crippen LogP contribution in [0.25, 0.3) is 0 Å². The highest BCUT2D eigenvalue weighted by Crippen LogP contribution is 2.20. The highest BCUT2D eigenvalue weighted by atomic mass is 16.6. The number of carbonyl (C=O) groups is 1. The molecule has 0 aromatic heterocycles.